The van der Waals surface area contributed by atoms with Crippen LogP contribution in [0.15, 0.2) is 30.7 Å². The number of aryl methyl sites for hydroxylation is 1. The number of hydrogen-bond donors (Lipinski definition) is 1. The molecule has 43 heavy (non-hydrogen) atoms. The maximum atomic E-state index is 14.6. The van der Waals surface area contributed by atoms with Crippen LogP contribution in [0.4, 0.5) is 26.4 Å². The molecular formula is C30H40FN7O5. The lowest BCUT2D eigenvalue weighted by Gasteiger charge is -2.46. The number of nitrogens with zero attached hydrogens (tertiary/aromatic N) is 6. The summed E-state index contributed by atoms with van der Waals surface area (Å²) in [7, 11) is 2.15. The molecule has 5 rings (SSSR count). The Balaban J connectivity index is 0.000000330. The van der Waals surface area contributed by atoms with Gasteiger partial charge in [0.25, 0.3) is 6.47 Å². The van der Waals surface area contributed by atoms with Gasteiger partial charge in [0.05, 0.1) is 17.3 Å². The number of urea groups is 1. The van der Waals surface area contributed by atoms with Crippen LogP contribution in [-0.4, -0.2) is 82.8 Å². The average molecular weight is 598 g/mol. The second-order valence-corrected chi connectivity index (χ2v) is 11.7. The molecule has 3 aromatic heterocycles. The Morgan fingerprint density at radius 2 is 1.91 bits per heavy atom. The summed E-state index contributed by atoms with van der Waals surface area (Å²) < 4.78 is 25.3. The molecular weight excluding hydrogens is 557 g/mol. The van der Waals surface area contributed by atoms with Gasteiger partial charge in [-0.05, 0) is 40.3 Å². The van der Waals surface area contributed by atoms with E-state index in [9.17, 15) is 18.8 Å². The number of piperazine rings is 1. The van der Waals surface area contributed by atoms with Crippen molar-refractivity contribution in [3.05, 3.63) is 47.8 Å². The third-order valence-electron chi connectivity index (χ3n) is 7.66. The summed E-state index contributed by atoms with van der Waals surface area (Å²) in [5, 5.41) is 2.72. The first-order valence-corrected chi connectivity index (χ1v) is 14.3. The van der Waals surface area contributed by atoms with E-state index in [0.717, 1.165) is 43.0 Å². The molecule has 3 aromatic rings. The molecule has 13 heteroatoms. The van der Waals surface area contributed by atoms with Gasteiger partial charge in [0.15, 0.2) is 5.82 Å². The van der Waals surface area contributed by atoms with Crippen LogP contribution < -0.4 is 15.1 Å². The average Bonchev–Trinajstić information content (AvgIpc) is 3.53. The van der Waals surface area contributed by atoms with Gasteiger partial charge in [0.2, 0.25) is 6.29 Å². The molecule has 0 radical (unpaired) electrons. The molecule has 1 atom stereocenters. The Morgan fingerprint density at radius 3 is 2.58 bits per heavy atom. The molecule has 2 aliphatic heterocycles. The molecule has 0 aromatic carbocycles. The summed E-state index contributed by atoms with van der Waals surface area (Å²) in [5.41, 5.74) is 3.67. The third kappa shape index (κ3) is 7.22. The van der Waals surface area contributed by atoms with Gasteiger partial charge in [-0.3, -0.25) is 19.4 Å². The number of anilines is 3. The number of esters is 1. The molecule has 1 unspecified atom stereocenters. The summed E-state index contributed by atoms with van der Waals surface area (Å²) in [6, 6.07) is 2.98. The zero-order valence-corrected chi connectivity index (χ0v) is 25.8. The SMILES string of the molecule is CC(OC=O)OC(=O)C(C)C.Cc1cn2cc(NC(=O)N3CCc4c(N5CCN(C)C(C)(C)C5)ccnc43)c(F)cc2n1. The minimum atomic E-state index is -0.789. The van der Waals surface area contributed by atoms with E-state index in [-0.39, 0.29) is 35.6 Å². The van der Waals surface area contributed by atoms with E-state index in [0.29, 0.717) is 18.0 Å². The normalized spacial score (nSPS) is 16.8. The van der Waals surface area contributed by atoms with Crippen molar-refractivity contribution in [2.45, 2.75) is 59.8 Å². The Kier molecular flexibility index (Phi) is 9.53. The number of carbonyl (C=O) groups excluding carboxylic acids is 3. The monoisotopic (exact) mass is 597 g/mol. The van der Waals surface area contributed by atoms with Crippen LogP contribution in [-0.2, 0) is 25.5 Å². The van der Waals surface area contributed by atoms with Crippen LogP contribution in [0.5, 0.6) is 0 Å². The molecule has 2 amide bonds. The zero-order chi connectivity index (χ0) is 31.5. The number of carbonyl (C=O) groups is 3. The predicted octanol–water partition coefficient (Wildman–Crippen LogP) is 4.01. The highest BCUT2D eigenvalue weighted by molar-refractivity contribution is 6.03. The fourth-order valence-corrected chi connectivity index (χ4v) is 5.03. The van der Waals surface area contributed by atoms with Crippen molar-refractivity contribution in [3.8, 4) is 0 Å². The topological polar surface area (TPSA) is 122 Å². The predicted molar refractivity (Wildman–Crippen MR) is 161 cm³/mol. The fraction of sp³-hybridized carbons (Fsp3) is 0.500. The Bertz CT molecular complexity index is 1490. The van der Waals surface area contributed by atoms with Crippen LogP contribution in [0.3, 0.4) is 0 Å². The van der Waals surface area contributed by atoms with E-state index in [2.05, 4.69) is 55.5 Å². The van der Waals surface area contributed by atoms with Gasteiger partial charge in [0.1, 0.15) is 11.5 Å². The molecule has 232 valence electrons. The second kappa shape index (κ2) is 12.9. The highest BCUT2D eigenvalue weighted by atomic mass is 19.1. The van der Waals surface area contributed by atoms with Crippen molar-refractivity contribution in [3.63, 3.8) is 0 Å². The summed E-state index contributed by atoms with van der Waals surface area (Å²) in [6.07, 6.45) is 5.03. The number of likely N-dealkylation sites (N-methyl/N-ethyl adjacent to an activating group) is 1. The Morgan fingerprint density at radius 1 is 1.16 bits per heavy atom. The van der Waals surface area contributed by atoms with Crippen molar-refractivity contribution in [1.82, 2.24) is 19.3 Å². The zero-order valence-electron chi connectivity index (χ0n) is 25.8. The first kappa shape index (κ1) is 31.7. The molecule has 0 saturated carbocycles. The largest absolute Gasteiger partial charge is 0.428 e. The number of amides is 2. The number of ether oxygens (including phenoxy) is 2. The lowest BCUT2D eigenvalue weighted by molar-refractivity contribution is -0.179. The molecule has 12 nitrogen and oxygen atoms in total. The summed E-state index contributed by atoms with van der Waals surface area (Å²) in [4.78, 5) is 48.7. The quantitative estimate of drug-likeness (QED) is 0.255. The summed E-state index contributed by atoms with van der Waals surface area (Å²) >= 11 is 0. The first-order valence-electron chi connectivity index (χ1n) is 14.3. The third-order valence-corrected chi connectivity index (χ3v) is 7.66. The Hall–Kier alpha value is -4.26. The number of aromatic nitrogens is 3. The molecule has 1 N–H and O–H groups in total. The van der Waals surface area contributed by atoms with Crippen LogP contribution >= 0.6 is 0 Å². The smallest absolute Gasteiger partial charge is 0.327 e. The highest BCUT2D eigenvalue weighted by Crippen LogP contribution is 2.36. The summed E-state index contributed by atoms with van der Waals surface area (Å²) in [5.74, 6) is -0.444. The molecule has 0 bridgehead atoms. The van der Waals surface area contributed by atoms with E-state index >= 15 is 0 Å². The van der Waals surface area contributed by atoms with Gasteiger partial charge >= 0.3 is 12.0 Å². The van der Waals surface area contributed by atoms with Gasteiger partial charge in [-0.1, -0.05) is 13.8 Å². The fourth-order valence-electron chi connectivity index (χ4n) is 5.03. The lowest BCUT2D eigenvalue weighted by Crippen LogP contribution is -2.57. The minimum absolute atomic E-state index is 0.0614. The number of pyridine rings is 2. The van der Waals surface area contributed by atoms with Crippen molar-refractivity contribution in [2.75, 3.05) is 48.3 Å². The maximum absolute atomic E-state index is 14.6. The minimum Gasteiger partial charge on any atom is -0.428 e. The number of imidazole rings is 1. The number of rotatable bonds is 6. The molecule has 0 aliphatic carbocycles. The van der Waals surface area contributed by atoms with E-state index < -0.39 is 12.1 Å². The number of halogens is 1. The lowest BCUT2D eigenvalue weighted by atomic mass is 9.98. The maximum Gasteiger partial charge on any atom is 0.327 e. The second-order valence-electron chi connectivity index (χ2n) is 11.7. The first-order chi connectivity index (χ1) is 20.3. The van der Waals surface area contributed by atoms with Crippen molar-refractivity contribution >= 4 is 41.3 Å². The Labute approximate surface area is 250 Å². The molecule has 2 aliphatic rings. The van der Waals surface area contributed by atoms with Crippen molar-refractivity contribution in [2.24, 2.45) is 5.92 Å². The number of nitrogens with one attached hydrogen (secondary N) is 1. The number of fused-ring (bicyclic) bond motifs is 2. The van der Waals surface area contributed by atoms with Crippen molar-refractivity contribution < 1.29 is 28.2 Å². The van der Waals surface area contributed by atoms with E-state index in [4.69, 9.17) is 0 Å². The van der Waals surface area contributed by atoms with Gasteiger partial charge in [0, 0.05) is 74.5 Å². The molecule has 5 heterocycles. The highest BCUT2D eigenvalue weighted by Gasteiger charge is 2.35. The van der Waals surface area contributed by atoms with Gasteiger partial charge < -0.3 is 24.1 Å². The molecule has 1 saturated heterocycles. The van der Waals surface area contributed by atoms with Gasteiger partial charge in [-0.15, -0.1) is 0 Å². The molecule has 1 fully saturated rings. The van der Waals surface area contributed by atoms with Crippen LogP contribution in [0.2, 0.25) is 0 Å². The van der Waals surface area contributed by atoms with Crippen LogP contribution in [0.1, 0.15) is 45.9 Å². The standard InChI is InChI=1S/C23H28FN7O.C7H12O4/c1-15-12-30-13-18(17(24)11-20(30)26-15)27-22(32)31-8-6-16-19(5-7-25-21(16)31)29-10-9-28(4)23(2,3)14-29;1-5(2)7(9)11-6(3)10-4-8/h5,7,11-13H,6,8-10,14H2,1-4H3,(H,27,32);4-6H,1-3H3. The molecule has 0 spiro atoms. The van der Waals surface area contributed by atoms with E-state index in [1.54, 1.807) is 41.7 Å². The van der Waals surface area contributed by atoms with Crippen LogP contribution in [0, 0.1) is 18.7 Å². The number of hydrogen-bond acceptors (Lipinski definition) is 9. The summed E-state index contributed by atoms with van der Waals surface area (Å²) in [6.45, 7) is 14.8. The van der Waals surface area contributed by atoms with Crippen LogP contribution in [0.25, 0.3) is 5.65 Å². The van der Waals surface area contributed by atoms with Gasteiger partial charge in [-0.2, -0.15) is 0 Å². The van der Waals surface area contributed by atoms with E-state index in [1.807, 2.05) is 13.0 Å². The van der Waals surface area contributed by atoms with E-state index in [1.165, 1.54) is 13.0 Å². The van der Waals surface area contributed by atoms with Gasteiger partial charge in [-0.25, -0.2) is 19.2 Å². The van der Waals surface area contributed by atoms with Crippen molar-refractivity contribution in [1.29, 1.82) is 0 Å².